The summed E-state index contributed by atoms with van der Waals surface area (Å²) in [7, 11) is 3.77. The van der Waals surface area contributed by atoms with Crippen molar-refractivity contribution in [3.8, 4) is 0 Å². The number of carbonyl (C=O) groups is 1. The molecule has 5 nitrogen and oxygen atoms in total. The van der Waals surface area contributed by atoms with Crippen molar-refractivity contribution in [1.29, 1.82) is 0 Å². The second-order valence-corrected chi connectivity index (χ2v) is 5.96. The minimum Gasteiger partial charge on any atom is -0.322 e. The van der Waals surface area contributed by atoms with E-state index in [4.69, 9.17) is 11.6 Å². The summed E-state index contributed by atoms with van der Waals surface area (Å²) in [6.45, 7) is 4.79. The maximum absolute atomic E-state index is 12.2. The van der Waals surface area contributed by atoms with Crippen LogP contribution in [0.15, 0.2) is 24.3 Å². The molecule has 0 bridgehead atoms. The Morgan fingerprint density at radius 1 is 1.41 bits per heavy atom. The number of nitrogens with one attached hydrogen (secondary N) is 1. The number of aromatic nitrogens is 2. The largest absolute Gasteiger partial charge is 0.322 e. The van der Waals surface area contributed by atoms with E-state index in [0.717, 1.165) is 22.6 Å². The molecule has 0 radical (unpaired) electrons. The third-order valence-electron chi connectivity index (χ3n) is 3.53. The standard InChI is InChI=1S/C16H21ClN4O/c1-11-16(12(2)21(4)19-11)18-15(22)10-20(3)9-13-6-5-7-14(17)8-13/h5-8H,9-10H2,1-4H3,(H,18,22). The van der Waals surface area contributed by atoms with Gasteiger partial charge in [-0.15, -0.1) is 0 Å². The highest BCUT2D eigenvalue weighted by Crippen LogP contribution is 2.18. The molecule has 2 aromatic rings. The van der Waals surface area contributed by atoms with Crippen LogP contribution in [0.3, 0.4) is 0 Å². The van der Waals surface area contributed by atoms with Crippen LogP contribution in [-0.2, 0) is 18.4 Å². The molecule has 2 rings (SSSR count). The zero-order chi connectivity index (χ0) is 16.3. The van der Waals surface area contributed by atoms with Gasteiger partial charge in [0, 0.05) is 18.6 Å². The topological polar surface area (TPSA) is 50.2 Å². The third kappa shape index (κ3) is 4.08. The monoisotopic (exact) mass is 320 g/mol. The van der Waals surface area contributed by atoms with Crippen molar-refractivity contribution in [2.24, 2.45) is 7.05 Å². The van der Waals surface area contributed by atoms with Gasteiger partial charge < -0.3 is 5.32 Å². The minimum atomic E-state index is -0.0521. The first-order chi connectivity index (χ1) is 10.4. The van der Waals surface area contributed by atoms with E-state index in [1.165, 1.54) is 0 Å². The molecule has 1 aromatic carbocycles. The van der Waals surface area contributed by atoms with Gasteiger partial charge in [-0.1, -0.05) is 23.7 Å². The number of anilines is 1. The molecule has 22 heavy (non-hydrogen) atoms. The van der Waals surface area contributed by atoms with Crippen LogP contribution >= 0.6 is 11.6 Å². The van der Waals surface area contributed by atoms with Crippen LogP contribution in [-0.4, -0.2) is 34.2 Å². The van der Waals surface area contributed by atoms with Crippen molar-refractivity contribution in [3.05, 3.63) is 46.2 Å². The highest BCUT2D eigenvalue weighted by molar-refractivity contribution is 6.30. The minimum absolute atomic E-state index is 0.0521. The summed E-state index contributed by atoms with van der Waals surface area (Å²) in [4.78, 5) is 14.1. The average Bonchev–Trinajstić information content (AvgIpc) is 2.65. The molecule has 0 saturated heterocycles. The zero-order valence-corrected chi connectivity index (χ0v) is 14.1. The first-order valence-electron chi connectivity index (χ1n) is 7.10. The lowest BCUT2D eigenvalue weighted by atomic mass is 10.2. The van der Waals surface area contributed by atoms with Crippen molar-refractivity contribution < 1.29 is 4.79 Å². The summed E-state index contributed by atoms with van der Waals surface area (Å²) < 4.78 is 1.76. The van der Waals surface area contributed by atoms with Gasteiger partial charge in [-0.25, -0.2) is 0 Å². The summed E-state index contributed by atoms with van der Waals surface area (Å²) in [5, 5.41) is 7.94. The second kappa shape index (κ2) is 6.94. The Bertz CT molecular complexity index is 681. The predicted octanol–water partition coefficient (Wildman–Crippen LogP) is 2.76. The van der Waals surface area contributed by atoms with Crippen LogP contribution in [0, 0.1) is 13.8 Å². The summed E-state index contributed by atoms with van der Waals surface area (Å²) in [6.07, 6.45) is 0. The number of hydrogen-bond donors (Lipinski definition) is 1. The Morgan fingerprint density at radius 3 is 2.73 bits per heavy atom. The predicted molar refractivity (Wildman–Crippen MR) is 89.1 cm³/mol. The lowest BCUT2D eigenvalue weighted by Gasteiger charge is -2.16. The summed E-state index contributed by atoms with van der Waals surface area (Å²) in [5.41, 5.74) is 3.65. The number of nitrogens with zero attached hydrogens (tertiary/aromatic N) is 3. The van der Waals surface area contributed by atoms with Crippen molar-refractivity contribution in [2.45, 2.75) is 20.4 Å². The van der Waals surface area contributed by atoms with Gasteiger partial charge in [0.1, 0.15) is 0 Å². The Balaban J connectivity index is 1.94. The number of carbonyl (C=O) groups excluding carboxylic acids is 1. The van der Waals surface area contributed by atoms with E-state index in [9.17, 15) is 4.79 Å². The number of aryl methyl sites for hydroxylation is 2. The van der Waals surface area contributed by atoms with E-state index < -0.39 is 0 Å². The van der Waals surface area contributed by atoms with Crippen molar-refractivity contribution in [1.82, 2.24) is 14.7 Å². The average molecular weight is 321 g/mol. The number of likely N-dealkylation sites (N-methyl/N-ethyl adjacent to an activating group) is 1. The molecule has 0 spiro atoms. The van der Waals surface area contributed by atoms with Crippen LogP contribution in [0.1, 0.15) is 17.0 Å². The van der Waals surface area contributed by atoms with E-state index in [1.54, 1.807) is 4.68 Å². The van der Waals surface area contributed by atoms with Gasteiger partial charge >= 0.3 is 0 Å². The molecule has 1 amide bonds. The Labute approximate surface area is 135 Å². The maximum Gasteiger partial charge on any atom is 0.238 e. The van der Waals surface area contributed by atoms with E-state index in [-0.39, 0.29) is 5.91 Å². The highest BCUT2D eigenvalue weighted by Gasteiger charge is 2.14. The van der Waals surface area contributed by atoms with Crippen LogP contribution in [0.25, 0.3) is 0 Å². The first-order valence-corrected chi connectivity index (χ1v) is 7.47. The smallest absolute Gasteiger partial charge is 0.238 e. The number of rotatable bonds is 5. The Hall–Kier alpha value is -1.85. The van der Waals surface area contributed by atoms with Crippen molar-refractivity contribution >= 4 is 23.2 Å². The van der Waals surface area contributed by atoms with Gasteiger partial charge in [-0.05, 0) is 38.6 Å². The number of halogens is 1. The second-order valence-electron chi connectivity index (χ2n) is 5.52. The highest BCUT2D eigenvalue weighted by atomic mass is 35.5. The van der Waals surface area contributed by atoms with Crippen molar-refractivity contribution in [3.63, 3.8) is 0 Å². The van der Waals surface area contributed by atoms with Crippen molar-refractivity contribution in [2.75, 3.05) is 18.9 Å². The van der Waals surface area contributed by atoms with Crippen LogP contribution in [0.2, 0.25) is 5.02 Å². The zero-order valence-electron chi connectivity index (χ0n) is 13.4. The quantitative estimate of drug-likeness (QED) is 0.921. The summed E-state index contributed by atoms with van der Waals surface area (Å²) in [5.74, 6) is -0.0521. The molecule has 1 heterocycles. The molecular formula is C16H21ClN4O. The fourth-order valence-electron chi connectivity index (χ4n) is 2.38. The molecule has 0 atom stereocenters. The fraction of sp³-hybridized carbons (Fsp3) is 0.375. The summed E-state index contributed by atoms with van der Waals surface area (Å²) >= 11 is 5.97. The number of hydrogen-bond acceptors (Lipinski definition) is 3. The van der Waals surface area contributed by atoms with E-state index in [1.807, 2.05) is 57.1 Å². The lowest BCUT2D eigenvalue weighted by Crippen LogP contribution is -2.30. The Morgan fingerprint density at radius 2 is 2.14 bits per heavy atom. The van der Waals surface area contributed by atoms with Gasteiger partial charge in [-0.2, -0.15) is 5.10 Å². The molecule has 0 unspecified atom stereocenters. The van der Waals surface area contributed by atoms with Gasteiger partial charge in [0.2, 0.25) is 5.91 Å². The molecule has 0 aliphatic heterocycles. The maximum atomic E-state index is 12.2. The molecule has 1 N–H and O–H groups in total. The van der Waals surface area contributed by atoms with Gasteiger partial charge in [0.05, 0.1) is 23.6 Å². The molecule has 1 aromatic heterocycles. The SMILES string of the molecule is Cc1nn(C)c(C)c1NC(=O)CN(C)Cc1cccc(Cl)c1. The molecular weight excluding hydrogens is 300 g/mol. The Kier molecular flexibility index (Phi) is 5.21. The van der Waals surface area contributed by atoms with Gasteiger partial charge in [-0.3, -0.25) is 14.4 Å². The van der Waals surface area contributed by atoms with Gasteiger partial charge in [0.25, 0.3) is 0 Å². The summed E-state index contributed by atoms with van der Waals surface area (Å²) in [6, 6.07) is 7.65. The van der Waals surface area contributed by atoms with Crippen LogP contribution < -0.4 is 5.32 Å². The molecule has 118 valence electrons. The van der Waals surface area contributed by atoms with E-state index >= 15 is 0 Å². The third-order valence-corrected chi connectivity index (χ3v) is 3.76. The molecule has 0 aliphatic rings. The fourth-order valence-corrected chi connectivity index (χ4v) is 2.59. The van der Waals surface area contributed by atoms with Crippen LogP contribution in [0.4, 0.5) is 5.69 Å². The number of benzene rings is 1. The molecule has 0 fully saturated rings. The van der Waals surface area contributed by atoms with Gasteiger partial charge in [0.15, 0.2) is 0 Å². The normalized spacial score (nSPS) is 11.0. The van der Waals surface area contributed by atoms with Crippen LogP contribution in [0.5, 0.6) is 0 Å². The molecule has 0 saturated carbocycles. The first kappa shape index (κ1) is 16.5. The molecule has 6 heteroatoms. The van der Waals surface area contributed by atoms with E-state index in [0.29, 0.717) is 18.1 Å². The molecule has 0 aliphatic carbocycles. The van der Waals surface area contributed by atoms with E-state index in [2.05, 4.69) is 10.4 Å². The lowest BCUT2D eigenvalue weighted by molar-refractivity contribution is -0.117. The number of amides is 1.